The van der Waals surface area contributed by atoms with Gasteiger partial charge in [0.2, 0.25) is 5.91 Å². The van der Waals surface area contributed by atoms with Crippen LogP contribution in [0.25, 0.3) is 0 Å². The number of nitrogens with one attached hydrogen (secondary N) is 2. The van der Waals surface area contributed by atoms with Gasteiger partial charge in [0.1, 0.15) is 6.04 Å². The molecule has 21 heavy (non-hydrogen) atoms. The molecule has 0 fully saturated rings. The lowest BCUT2D eigenvalue weighted by atomic mass is 10.1. The normalized spacial score (nSPS) is 11.5. The fraction of sp³-hybridized carbons (Fsp3) is 0.308. The standard InChI is InChI=1S/C13H16ClN3O4/c1-7-8(14)3-2-4-9(7)16-13(21)17-10(12(19)20)5-6-11(15)18/h2-4,10H,5-6H2,1H3,(H2,15,18)(H,19,20)(H2,16,17,21)/t10-/m1/s1. The number of carbonyl (C=O) groups excluding carboxylic acids is 2. The Hall–Kier alpha value is -2.28. The van der Waals surface area contributed by atoms with Gasteiger partial charge in [0.25, 0.3) is 0 Å². The molecule has 0 aromatic heterocycles. The largest absolute Gasteiger partial charge is 0.480 e. The Labute approximate surface area is 126 Å². The summed E-state index contributed by atoms with van der Waals surface area (Å²) in [6.45, 7) is 1.72. The van der Waals surface area contributed by atoms with Gasteiger partial charge in [0, 0.05) is 17.1 Å². The zero-order valence-electron chi connectivity index (χ0n) is 11.4. The monoisotopic (exact) mass is 313 g/mol. The van der Waals surface area contributed by atoms with Crippen LogP contribution in [0.5, 0.6) is 0 Å². The Morgan fingerprint density at radius 3 is 2.62 bits per heavy atom. The molecule has 3 amide bonds. The van der Waals surface area contributed by atoms with Gasteiger partial charge in [-0.25, -0.2) is 9.59 Å². The van der Waals surface area contributed by atoms with Crippen LogP contribution in [0.15, 0.2) is 18.2 Å². The predicted octanol–water partition coefficient (Wildman–Crippen LogP) is 1.49. The molecule has 0 radical (unpaired) electrons. The third-order valence-corrected chi connectivity index (χ3v) is 3.21. The summed E-state index contributed by atoms with van der Waals surface area (Å²) in [6.07, 6.45) is -0.208. The van der Waals surface area contributed by atoms with Crippen molar-refractivity contribution in [3.8, 4) is 0 Å². The fourth-order valence-corrected chi connectivity index (χ4v) is 1.78. The average molecular weight is 314 g/mol. The molecular formula is C13H16ClN3O4. The number of hydrogen-bond acceptors (Lipinski definition) is 3. The van der Waals surface area contributed by atoms with Crippen LogP contribution in [-0.2, 0) is 9.59 Å². The highest BCUT2D eigenvalue weighted by Gasteiger charge is 2.20. The number of primary amides is 1. The lowest BCUT2D eigenvalue weighted by Crippen LogP contribution is -2.43. The van der Waals surface area contributed by atoms with Crippen molar-refractivity contribution < 1.29 is 19.5 Å². The highest BCUT2D eigenvalue weighted by Crippen LogP contribution is 2.22. The Kier molecular flexibility index (Phi) is 5.98. The zero-order valence-corrected chi connectivity index (χ0v) is 12.1. The molecular weight excluding hydrogens is 298 g/mol. The van der Waals surface area contributed by atoms with Crippen molar-refractivity contribution in [3.05, 3.63) is 28.8 Å². The molecule has 114 valence electrons. The summed E-state index contributed by atoms with van der Waals surface area (Å²) < 4.78 is 0. The summed E-state index contributed by atoms with van der Waals surface area (Å²) in [5, 5.41) is 14.2. The van der Waals surface area contributed by atoms with E-state index in [2.05, 4.69) is 10.6 Å². The number of anilines is 1. The van der Waals surface area contributed by atoms with E-state index >= 15 is 0 Å². The molecule has 0 unspecified atom stereocenters. The molecule has 1 atom stereocenters. The summed E-state index contributed by atoms with van der Waals surface area (Å²) in [5.74, 6) is -1.87. The van der Waals surface area contributed by atoms with Crippen molar-refractivity contribution in [2.75, 3.05) is 5.32 Å². The van der Waals surface area contributed by atoms with Crippen LogP contribution in [-0.4, -0.2) is 29.1 Å². The first-order chi connectivity index (χ1) is 9.81. The first kappa shape index (κ1) is 16.8. The second kappa shape index (κ2) is 7.49. The van der Waals surface area contributed by atoms with Crippen LogP contribution >= 0.6 is 11.6 Å². The molecule has 1 rings (SSSR count). The quantitative estimate of drug-likeness (QED) is 0.635. The van der Waals surface area contributed by atoms with E-state index in [-0.39, 0.29) is 12.8 Å². The molecule has 0 spiro atoms. The van der Waals surface area contributed by atoms with E-state index in [1.807, 2.05) is 0 Å². The lowest BCUT2D eigenvalue weighted by Gasteiger charge is -2.15. The van der Waals surface area contributed by atoms with Crippen LogP contribution in [0.4, 0.5) is 10.5 Å². The van der Waals surface area contributed by atoms with Gasteiger partial charge < -0.3 is 21.5 Å². The van der Waals surface area contributed by atoms with Crippen LogP contribution in [0, 0.1) is 6.92 Å². The van der Waals surface area contributed by atoms with Gasteiger partial charge >= 0.3 is 12.0 Å². The molecule has 5 N–H and O–H groups in total. The van der Waals surface area contributed by atoms with Crippen LogP contribution in [0.3, 0.4) is 0 Å². The minimum absolute atomic E-state index is 0.0768. The number of urea groups is 1. The van der Waals surface area contributed by atoms with Crippen LogP contribution < -0.4 is 16.4 Å². The number of benzene rings is 1. The van der Waals surface area contributed by atoms with E-state index in [9.17, 15) is 14.4 Å². The molecule has 1 aromatic carbocycles. The maximum absolute atomic E-state index is 11.8. The second-order valence-corrected chi connectivity index (χ2v) is 4.81. The number of carbonyl (C=O) groups is 3. The Balaban J connectivity index is 2.67. The van der Waals surface area contributed by atoms with Gasteiger partial charge in [-0.05, 0) is 31.0 Å². The molecule has 7 nitrogen and oxygen atoms in total. The molecule has 1 aromatic rings. The summed E-state index contributed by atoms with van der Waals surface area (Å²) in [5.41, 5.74) is 6.09. The first-order valence-electron chi connectivity index (χ1n) is 6.15. The summed E-state index contributed by atoms with van der Waals surface area (Å²) >= 11 is 5.92. The Bertz CT molecular complexity index is 562. The SMILES string of the molecule is Cc1c(Cl)cccc1NC(=O)N[C@H](CCC(N)=O)C(=O)O. The molecule has 0 bridgehead atoms. The number of amides is 3. The van der Waals surface area contributed by atoms with Gasteiger partial charge in [-0.3, -0.25) is 4.79 Å². The number of hydrogen-bond donors (Lipinski definition) is 4. The van der Waals surface area contributed by atoms with Gasteiger partial charge in [-0.1, -0.05) is 17.7 Å². The molecule has 0 aliphatic carbocycles. The maximum Gasteiger partial charge on any atom is 0.326 e. The number of halogens is 1. The molecule has 0 saturated carbocycles. The molecule has 8 heteroatoms. The second-order valence-electron chi connectivity index (χ2n) is 4.41. The highest BCUT2D eigenvalue weighted by molar-refractivity contribution is 6.31. The highest BCUT2D eigenvalue weighted by atomic mass is 35.5. The number of aliphatic carboxylic acids is 1. The summed E-state index contributed by atoms with van der Waals surface area (Å²) in [6, 6.07) is 3.08. The van der Waals surface area contributed by atoms with E-state index in [1.165, 1.54) is 0 Å². The van der Waals surface area contributed by atoms with E-state index in [1.54, 1.807) is 25.1 Å². The number of carboxylic acid groups (broad SMARTS) is 1. The average Bonchev–Trinajstić information content (AvgIpc) is 2.39. The van der Waals surface area contributed by atoms with E-state index < -0.39 is 23.9 Å². The van der Waals surface area contributed by atoms with Gasteiger partial charge in [0.15, 0.2) is 0 Å². The van der Waals surface area contributed by atoms with Crippen LogP contribution in [0.2, 0.25) is 5.02 Å². The van der Waals surface area contributed by atoms with Gasteiger partial charge in [-0.15, -0.1) is 0 Å². The van der Waals surface area contributed by atoms with Crippen molar-refractivity contribution in [3.63, 3.8) is 0 Å². The Morgan fingerprint density at radius 1 is 1.38 bits per heavy atom. The third kappa shape index (κ3) is 5.31. The Morgan fingerprint density at radius 2 is 2.05 bits per heavy atom. The number of rotatable bonds is 6. The summed E-state index contributed by atoms with van der Waals surface area (Å²) in [7, 11) is 0. The minimum Gasteiger partial charge on any atom is -0.480 e. The van der Waals surface area contributed by atoms with Crippen molar-refractivity contribution in [1.82, 2.24) is 5.32 Å². The van der Waals surface area contributed by atoms with Gasteiger partial charge in [0.05, 0.1) is 0 Å². The topological polar surface area (TPSA) is 122 Å². The van der Waals surface area contributed by atoms with E-state index in [0.29, 0.717) is 16.3 Å². The smallest absolute Gasteiger partial charge is 0.326 e. The molecule has 0 saturated heterocycles. The number of carboxylic acids is 1. The minimum atomic E-state index is -1.24. The number of nitrogens with two attached hydrogens (primary N) is 1. The first-order valence-corrected chi connectivity index (χ1v) is 6.52. The zero-order chi connectivity index (χ0) is 16.0. The maximum atomic E-state index is 11.8. The molecule has 0 heterocycles. The predicted molar refractivity (Wildman–Crippen MR) is 78.2 cm³/mol. The lowest BCUT2D eigenvalue weighted by molar-refractivity contribution is -0.139. The molecule has 0 aliphatic heterocycles. The van der Waals surface area contributed by atoms with Crippen molar-refractivity contribution in [2.24, 2.45) is 5.73 Å². The summed E-state index contributed by atoms with van der Waals surface area (Å²) in [4.78, 5) is 33.5. The van der Waals surface area contributed by atoms with Crippen molar-refractivity contribution >= 4 is 35.2 Å². The fourth-order valence-electron chi connectivity index (χ4n) is 1.60. The van der Waals surface area contributed by atoms with Crippen molar-refractivity contribution in [1.29, 1.82) is 0 Å². The van der Waals surface area contributed by atoms with Crippen LogP contribution in [0.1, 0.15) is 18.4 Å². The van der Waals surface area contributed by atoms with Gasteiger partial charge in [-0.2, -0.15) is 0 Å². The third-order valence-electron chi connectivity index (χ3n) is 2.80. The van der Waals surface area contributed by atoms with Crippen molar-refractivity contribution in [2.45, 2.75) is 25.8 Å². The van der Waals surface area contributed by atoms with E-state index in [4.69, 9.17) is 22.4 Å². The van der Waals surface area contributed by atoms with E-state index in [0.717, 1.165) is 0 Å². The molecule has 0 aliphatic rings.